The second-order valence-electron chi connectivity index (χ2n) is 5.00. The van der Waals surface area contributed by atoms with Crippen LogP contribution in [0.25, 0.3) is 0 Å². The van der Waals surface area contributed by atoms with Crippen LogP contribution in [0.2, 0.25) is 0 Å². The average Bonchev–Trinajstić information content (AvgIpc) is 2.90. The summed E-state index contributed by atoms with van der Waals surface area (Å²) in [5.41, 5.74) is 0. The van der Waals surface area contributed by atoms with Gasteiger partial charge in [0.15, 0.2) is 6.10 Å². The van der Waals surface area contributed by atoms with Crippen molar-refractivity contribution in [2.24, 2.45) is 5.14 Å². The normalized spacial score (nSPS) is 20.3. The molecule has 8 heteroatoms. The lowest BCUT2D eigenvalue weighted by Gasteiger charge is -2.21. The van der Waals surface area contributed by atoms with Crippen LogP contribution in [0.4, 0.5) is 0 Å². The van der Waals surface area contributed by atoms with Gasteiger partial charge in [0.25, 0.3) is 5.91 Å². The second-order valence-corrected chi connectivity index (χ2v) is 7.76. The van der Waals surface area contributed by atoms with Gasteiger partial charge in [0.2, 0.25) is 10.0 Å². The van der Waals surface area contributed by atoms with Crippen LogP contribution in [0.15, 0.2) is 28.7 Å². The van der Waals surface area contributed by atoms with Gasteiger partial charge in [-0.2, -0.15) is 0 Å². The largest absolute Gasteiger partial charge is 0.481 e. The highest BCUT2D eigenvalue weighted by atomic mass is 79.9. The zero-order valence-electron chi connectivity index (χ0n) is 11.5. The molecule has 2 unspecified atom stereocenters. The van der Waals surface area contributed by atoms with Crippen LogP contribution in [0.1, 0.15) is 13.3 Å². The predicted octanol–water partition coefficient (Wildman–Crippen LogP) is 1.11. The van der Waals surface area contributed by atoms with Crippen molar-refractivity contribution in [2.45, 2.75) is 24.7 Å². The number of amides is 1. The quantitative estimate of drug-likeness (QED) is 0.851. The van der Waals surface area contributed by atoms with Crippen molar-refractivity contribution in [3.8, 4) is 5.75 Å². The lowest BCUT2D eigenvalue weighted by atomic mass is 10.3. The maximum atomic E-state index is 12.2. The molecule has 0 aliphatic carbocycles. The van der Waals surface area contributed by atoms with E-state index in [1.807, 2.05) is 12.1 Å². The Morgan fingerprint density at radius 2 is 2.05 bits per heavy atom. The number of ether oxygens (including phenoxy) is 1. The van der Waals surface area contributed by atoms with E-state index in [9.17, 15) is 13.2 Å². The molecule has 21 heavy (non-hydrogen) atoms. The summed E-state index contributed by atoms with van der Waals surface area (Å²) in [6, 6.07) is 7.15. The Kier molecular flexibility index (Phi) is 4.90. The molecule has 0 saturated carbocycles. The van der Waals surface area contributed by atoms with Crippen molar-refractivity contribution in [1.82, 2.24) is 4.90 Å². The summed E-state index contributed by atoms with van der Waals surface area (Å²) in [5.74, 6) is 0.352. The van der Waals surface area contributed by atoms with Crippen LogP contribution in [0.5, 0.6) is 5.75 Å². The van der Waals surface area contributed by atoms with Gasteiger partial charge in [0.1, 0.15) is 5.75 Å². The Morgan fingerprint density at radius 3 is 2.57 bits per heavy atom. The van der Waals surface area contributed by atoms with Gasteiger partial charge in [-0.05, 0) is 37.6 Å². The third-order valence-electron chi connectivity index (χ3n) is 3.40. The smallest absolute Gasteiger partial charge is 0.263 e. The van der Waals surface area contributed by atoms with Crippen molar-refractivity contribution in [1.29, 1.82) is 0 Å². The maximum Gasteiger partial charge on any atom is 0.263 e. The minimum Gasteiger partial charge on any atom is -0.481 e. The zero-order chi connectivity index (χ0) is 15.6. The molecule has 2 rings (SSSR count). The Morgan fingerprint density at radius 1 is 1.43 bits per heavy atom. The highest BCUT2D eigenvalue weighted by Gasteiger charge is 2.35. The van der Waals surface area contributed by atoms with Gasteiger partial charge in [-0.1, -0.05) is 15.9 Å². The fraction of sp³-hybridized carbons (Fsp3) is 0.462. The first-order valence-electron chi connectivity index (χ1n) is 6.50. The Bertz CT molecular complexity index is 618. The molecule has 1 aromatic rings. The van der Waals surface area contributed by atoms with Crippen molar-refractivity contribution in [3.63, 3.8) is 0 Å². The van der Waals surface area contributed by atoms with E-state index in [0.717, 1.165) is 4.47 Å². The van der Waals surface area contributed by atoms with Crippen LogP contribution in [-0.2, 0) is 14.8 Å². The average molecular weight is 377 g/mol. The minimum atomic E-state index is -3.60. The van der Waals surface area contributed by atoms with Crippen molar-refractivity contribution in [2.75, 3.05) is 13.1 Å². The topological polar surface area (TPSA) is 89.7 Å². The summed E-state index contributed by atoms with van der Waals surface area (Å²) in [6.07, 6.45) is -0.305. The molecular weight excluding hydrogens is 360 g/mol. The molecule has 6 nitrogen and oxygen atoms in total. The van der Waals surface area contributed by atoms with Gasteiger partial charge in [-0.3, -0.25) is 4.79 Å². The second kappa shape index (κ2) is 6.33. The van der Waals surface area contributed by atoms with Gasteiger partial charge in [0.05, 0.1) is 5.25 Å². The van der Waals surface area contributed by atoms with Crippen molar-refractivity contribution < 1.29 is 17.9 Å². The SMILES string of the molecule is CC(Oc1ccc(Br)cc1)C(=O)N1CCC(S(N)(=O)=O)C1. The molecule has 0 radical (unpaired) electrons. The van der Waals surface area contributed by atoms with E-state index in [4.69, 9.17) is 9.88 Å². The Labute approximate surface area is 132 Å². The number of carbonyl (C=O) groups is 1. The third-order valence-corrected chi connectivity index (χ3v) is 5.24. The molecule has 0 spiro atoms. The number of nitrogens with two attached hydrogens (primary N) is 1. The van der Waals surface area contributed by atoms with E-state index < -0.39 is 21.4 Å². The number of hydrogen-bond donors (Lipinski definition) is 1. The predicted molar refractivity (Wildman–Crippen MR) is 82.3 cm³/mol. The summed E-state index contributed by atoms with van der Waals surface area (Å²) in [4.78, 5) is 13.7. The Hall–Kier alpha value is -1.12. The molecule has 1 heterocycles. The molecule has 1 aliphatic rings. The molecule has 1 saturated heterocycles. The minimum absolute atomic E-state index is 0.131. The number of nitrogens with zero attached hydrogens (tertiary/aromatic N) is 1. The fourth-order valence-corrected chi connectivity index (χ4v) is 3.31. The van der Waals surface area contributed by atoms with Gasteiger partial charge >= 0.3 is 0 Å². The van der Waals surface area contributed by atoms with Crippen LogP contribution in [0.3, 0.4) is 0 Å². The summed E-state index contributed by atoms with van der Waals surface area (Å²) in [6.45, 7) is 2.16. The molecule has 2 atom stereocenters. The number of primary sulfonamides is 1. The van der Waals surface area contributed by atoms with Crippen molar-refractivity contribution >= 4 is 31.9 Å². The number of rotatable bonds is 4. The van der Waals surface area contributed by atoms with E-state index in [2.05, 4.69) is 15.9 Å². The van der Waals surface area contributed by atoms with Crippen LogP contribution in [0, 0.1) is 0 Å². The third kappa shape index (κ3) is 4.18. The monoisotopic (exact) mass is 376 g/mol. The van der Waals surface area contributed by atoms with E-state index in [-0.39, 0.29) is 12.5 Å². The molecule has 116 valence electrons. The number of benzene rings is 1. The molecule has 0 bridgehead atoms. The maximum absolute atomic E-state index is 12.2. The van der Waals surface area contributed by atoms with Crippen molar-refractivity contribution in [3.05, 3.63) is 28.7 Å². The number of hydrogen-bond acceptors (Lipinski definition) is 4. The van der Waals surface area contributed by atoms with Crippen LogP contribution >= 0.6 is 15.9 Å². The number of likely N-dealkylation sites (tertiary alicyclic amines) is 1. The van der Waals surface area contributed by atoms with Gasteiger partial charge in [-0.25, -0.2) is 13.6 Å². The number of carbonyl (C=O) groups excluding carboxylic acids is 1. The van der Waals surface area contributed by atoms with Gasteiger partial charge in [-0.15, -0.1) is 0 Å². The standard InChI is InChI=1S/C13H17BrN2O4S/c1-9(20-11-4-2-10(14)3-5-11)13(17)16-7-6-12(8-16)21(15,18)19/h2-5,9,12H,6-8H2,1H3,(H2,15,18,19). The molecule has 2 N–H and O–H groups in total. The Balaban J connectivity index is 1.96. The summed E-state index contributed by atoms with van der Waals surface area (Å²) in [5, 5.41) is 4.44. The molecule has 1 fully saturated rings. The zero-order valence-corrected chi connectivity index (χ0v) is 13.9. The molecular formula is C13H17BrN2O4S. The van der Waals surface area contributed by atoms with Gasteiger partial charge < -0.3 is 9.64 Å². The first kappa shape index (κ1) is 16.3. The van der Waals surface area contributed by atoms with E-state index in [0.29, 0.717) is 18.7 Å². The first-order chi connectivity index (χ1) is 9.77. The summed E-state index contributed by atoms with van der Waals surface area (Å²) >= 11 is 3.32. The van der Waals surface area contributed by atoms with Gasteiger partial charge in [0, 0.05) is 17.6 Å². The molecule has 0 aromatic heterocycles. The highest BCUT2D eigenvalue weighted by molar-refractivity contribution is 9.10. The summed E-state index contributed by atoms with van der Waals surface area (Å²) < 4.78 is 29.1. The van der Waals surface area contributed by atoms with Crippen LogP contribution in [-0.4, -0.2) is 43.7 Å². The molecule has 1 amide bonds. The molecule has 1 aliphatic heterocycles. The van der Waals surface area contributed by atoms with E-state index in [1.54, 1.807) is 19.1 Å². The van der Waals surface area contributed by atoms with E-state index in [1.165, 1.54) is 4.90 Å². The van der Waals surface area contributed by atoms with Crippen LogP contribution < -0.4 is 9.88 Å². The first-order valence-corrected chi connectivity index (χ1v) is 8.90. The lowest BCUT2D eigenvalue weighted by molar-refractivity contribution is -0.136. The fourth-order valence-electron chi connectivity index (χ4n) is 2.22. The number of sulfonamides is 1. The summed E-state index contributed by atoms with van der Waals surface area (Å²) in [7, 11) is -3.60. The number of halogens is 1. The lowest BCUT2D eigenvalue weighted by Crippen LogP contribution is -2.40. The molecule has 1 aromatic carbocycles. The van der Waals surface area contributed by atoms with E-state index >= 15 is 0 Å². The highest BCUT2D eigenvalue weighted by Crippen LogP contribution is 2.20.